The van der Waals surface area contributed by atoms with E-state index < -0.39 is 0 Å². The van der Waals surface area contributed by atoms with E-state index in [1.165, 1.54) is 11.1 Å². The Hall–Kier alpha value is -0.860. The van der Waals surface area contributed by atoms with Crippen molar-refractivity contribution in [1.29, 1.82) is 0 Å². The molecule has 1 rings (SSSR count). The molecule has 2 heteroatoms. The van der Waals surface area contributed by atoms with Gasteiger partial charge in [0.1, 0.15) is 0 Å². The molecule has 0 aromatic heterocycles. The van der Waals surface area contributed by atoms with Gasteiger partial charge in [-0.2, -0.15) is 0 Å². The molecule has 0 aliphatic rings. The van der Waals surface area contributed by atoms with Crippen LogP contribution in [0.4, 0.5) is 0 Å². The van der Waals surface area contributed by atoms with E-state index in [1.807, 2.05) is 0 Å². The molecule has 1 aromatic carbocycles. The van der Waals surface area contributed by atoms with Crippen LogP contribution in [0.25, 0.3) is 0 Å². The van der Waals surface area contributed by atoms with Crippen molar-refractivity contribution in [3.05, 3.63) is 35.4 Å². The molecule has 0 saturated carbocycles. The highest BCUT2D eigenvalue weighted by Gasteiger charge is 2.08. The predicted octanol–water partition coefficient (Wildman–Crippen LogP) is 2.64. The molecule has 2 nitrogen and oxygen atoms in total. The van der Waals surface area contributed by atoms with Crippen LogP contribution in [0.2, 0.25) is 0 Å². The SMILES string of the molecule is CN(C)Cc1cccc(CNC(C)(C)C)c1. The van der Waals surface area contributed by atoms with Gasteiger partial charge in [-0.3, -0.25) is 0 Å². The van der Waals surface area contributed by atoms with Crippen LogP contribution in [-0.2, 0) is 13.1 Å². The summed E-state index contributed by atoms with van der Waals surface area (Å²) in [6.07, 6.45) is 0. The first-order valence-corrected chi connectivity index (χ1v) is 5.84. The highest BCUT2D eigenvalue weighted by atomic mass is 15.0. The third-order valence-corrected chi connectivity index (χ3v) is 2.31. The molecule has 1 aromatic rings. The summed E-state index contributed by atoms with van der Waals surface area (Å²) in [5.41, 5.74) is 2.91. The quantitative estimate of drug-likeness (QED) is 0.839. The highest BCUT2D eigenvalue weighted by Crippen LogP contribution is 2.08. The van der Waals surface area contributed by atoms with Gasteiger partial charge in [0, 0.05) is 18.6 Å². The number of benzene rings is 1. The fourth-order valence-corrected chi connectivity index (χ4v) is 1.57. The van der Waals surface area contributed by atoms with Crippen molar-refractivity contribution >= 4 is 0 Å². The number of hydrogen-bond acceptors (Lipinski definition) is 2. The van der Waals surface area contributed by atoms with Crippen LogP contribution in [0.1, 0.15) is 31.9 Å². The summed E-state index contributed by atoms with van der Waals surface area (Å²) in [6, 6.07) is 8.77. The van der Waals surface area contributed by atoms with Gasteiger partial charge in [-0.15, -0.1) is 0 Å². The summed E-state index contributed by atoms with van der Waals surface area (Å²) < 4.78 is 0. The van der Waals surface area contributed by atoms with Crippen molar-refractivity contribution in [2.75, 3.05) is 14.1 Å². The first-order valence-electron chi connectivity index (χ1n) is 5.84. The lowest BCUT2D eigenvalue weighted by molar-refractivity contribution is 0.401. The van der Waals surface area contributed by atoms with Gasteiger partial charge in [-0.1, -0.05) is 24.3 Å². The van der Waals surface area contributed by atoms with Crippen LogP contribution < -0.4 is 5.32 Å². The molecule has 0 atom stereocenters. The van der Waals surface area contributed by atoms with Gasteiger partial charge in [0.2, 0.25) is 0 Å². The van der Waals surface area contributed by atoms with Crippen LogP contribution in [0.15, 0.2) is 24.3 Å². The van der Waals surface area contributed by atoms with E-state index in [4.69, 9.17) is 0 Å². The van der Waals surface area contributed by atoms with E-state index in [-0.39, 0.29) is 5.54 Å². The van der Waals surface area contributed by atoms with Crippen LogP contribution >= 0.6 is 0 Å². The smallest absolute Gasteiger partial charge is 0.0227 e. The second-order valence-electron chi connectivity index (χ2n) is 5.66. The maximum Gasteiger partial charge on any atom is 0.0227 e. The zero-order valence-corrected chi connectivity index (χ0v) is 11.2. The van der Waals surface area contributed by atoms with Crippen molar-refractivity contribution in [3.8, 4) is 0 Å². The van der Waals surface area contributed by atoms with Gasteiger partial charge in [0.05, 0.1) is 0 Å². The summed E-state index contributed by atoms with van der Waals surface area (Å²) in [5, 5.41) is 3.51. The van der Waals surface area contributed by atoms with E-state index in [1.54, 1.807) is 0 Å². The van der Waals surface area contributed by atoms with E-state index in [2.05, 4.69) is 69.3 Å². The van der Waals surface area contributed by atoms with Crippen LogP contribution in [0, 0.1) is 0 Å². The molecule has 90 valence electrons. The molecule has 0 aliphatic carbocycles. The van der Waals surface area contributed by atoms with Crippen molar-refractivity contribution in [3.63, 3.8) is 0 Å². The lowest BCUT2D eigenvalue weighted by Gasteiger charge is -2.21. The van der Waals surface area contributed by atoms with E-state index in [0.717, 1.165) is 13.1 Å². The Kier molecular flexibility index (Phi) is 4.51. The maximum absolute atomic E-state index is 3.51. The summed E-state index contributed by atoms with van der Waals surface area (Å²) in [7, 11) is 4.19. The normalized spacial score (nSPS) is 12.1. The van der Waals surface area contributed by atoms with Crippen molar-refractivity contribution in [1.82, 2.24) is 10.2 Å². The standard InChI is InChI=1S/C14H24N2/c1-14(2,3)15-10-12-7-6-8-13(9-12)11-16(4)5/h6-9,15H,10-11H2,1-5H3. The fraction of sp³-hybridized carbons (Fsp3) is 0.571. The molecule has 0 unspecified atom stereocenters. The van der Waals surface area contributed by atoms with Crippen molar-refractivity contribution in [2.45, 2.75) is 39.4 Å². The van der Waals surface area contributed by atoms with Crippen LogP contribution in [0.3, 0.4) is 0 Å². The maximum atomic E-state index is 3.51. The first kappa shape index (κ1) is 13.2. The molecule has 0 saturated heterocycles. The number of nitrogens with one attached hydrogen (secondary N) is 1. The lowest BCUT2D eigenvalue weighted by Crippen LogP contribution is -2.35. The monoisotopic (exact) mass is 220 g/mol. The Balaban J connectivity index is 2.60. The Morgan fingerprint density at radius 1 is 1.12 bits per heavy atom. The third-order valence-electron chi connectivity index (χ3n) is 2.31. The summed E-state index contributed by atoms with van der Waals surface area (Å²) >= 11 is 0. The zero-order valence-electron chi connectivity index (χ0n) is 11.2. The minimum Gasteiger partial charge on any atom is -0.308 e. The zero-order chi connectivity index (χ0) is 12.2. The van der Waals surface area contributed by atoms with Gasteiger partial charge < -0.3 is 10.2 Å². The number of nitrogens with zero attached hydrogens (tertiary/aromatic N) is 1. The minimum absolute atomic E-state index is 0.178. The summed E-state index contributed by atoms with van der Waals surface area (Å²) in [6.45, 7) is 8.51. The first-order chi connectivity index (χ1) is 7.37. The van der Waals surface area contributed by atoms with E-state index in [0.29, 0.717) is 0 Å². The molecule has 0 aliphatic heterocycles. The topological polar surface area (TPSA) is 15.3 Å². The minimum atomic E-state index is 0.178. The largest absolute Gasteiger partial charge is 0.308 e. The van der Waals surface area contributed by atoms with Crippen molar-refractivity contribution < 1.29 is 0 Å². The lowest BCUT2D eigenvalue weighted by atomic mass is 10.1. The second kappa shape index (κ2) is 5.46. The molecule has 0 radical (unpaired) electrons. The van der Waals surface area contributed by atoms with E-state index >= 15 is 0 Å². The van der Waals surface area contributed by atoms with Gasteiger partial charge in [-0.05, 0) is 46.0 Å². The predicted molar refractivity (Wildman–Crippen MR) is 70.4 cm³/mol. The van der Waals surface area contributed by atoms with Gasteiger partial charge in [-0.25, -0.2) is 0 Å². The molecule has 0 heterocycles. The molecule has 0 fully saturated rings. The molecular weight excluding hydrogens is 196 g/mol. The third kappa shape index (κ3) is 5.29. The highest BCUT2D eigenvalue weighted by molar-refractivity contribution is 5.23. The Labute approximate surface area is 99.7 Å². The van der Waals surface area contributed by atoms with Crippen molar-refractivity contribution in [2.24, 2.45) is 0 Å². The Bertz CT molecular complexity index is 324. The van der Waals surface area contributed by atoms with Gasteiger partial charge in [0.15, 0.2) is 0 Å². The Morgan fingerprint density at radius 3 is 2.31 bits per heavy atom. The fourth-order valence-electron chi connectivity index (χ4n) is 1.57. The molecule has 16 heavy (non-hydrogen) atoms. The molecular formula is C14H24N2. The van der Waals surface area contributed by atoms with E-state index in [9.17, 15) is 0 Å². The molecule has 1 N–H and O–H groups in total. The van der Waals surface area contributed by atoms with Crippen LogP contribution in [0.5, 0.6) is 0 Å². The second-order valence-corrected chi connectivity index (χ2v) is 5.66. The average Bonchev–Trinajstić information content (AvgIpc) is 2.13. The summed E-state index contributed by atoms with van der Waals surface area (Å²) in [4.78, 5) is 2.19. The summed E-state index contributed by atoms with van der Waals surface area (Å²) in [5.74, 6) is 0. The van der Waals surface area contributed by atoms with Crippen LogP contribution in [-0.4, -0.2) is 24.5 Å². The van der Waals surface area contributed by atoms with Gasteiger partial charge >= 0.3 is 0 Å². The molecule has 0 spiro atoms. The number of rotatable bonds is 4. The molecule has 0 bridgehead atoms. The Morgan fingerprint density at radius 2 is 1.75 bits per heavy atom. The number of hydrogen-bond donors (Lipinski definition) is 1. The van der Waals surface area contributed by atoms with Gasteiger partial charge in [0.25, 0.3) is 0 Å². The average molecular weight is 220 g/mol. The molecule has 0 amide bonds.